The number of nitrogens with zero attached hydrogens (tertiary/aromatic N) is 2. The minimum absolute atomic E-state index is 0.427. The summed E-state index contributed by atoms with van der Waals surface area (Å²) in [6.45, 7) is 2.93. The fourth-order valence-corrected chi connectivity index (χ4v) is 3.62. The number of nitrogens with one attached hydrogen (secondary N) is 3. The molecule has 2 aliphatic heterocycles. The van der Waals surface area contributed by atoms with E-state index in [1.165, 1.54) is 45.0 Å². The Kier molecular flexibility index (Phi) is 4.72. The van der Waals surface area contributed by atoms with Crippen LogP contribution in [0.3, 0.4) is 0 Å². The van der Waals surface area contributed by atoms with Crippen molar-refractivity contribution in [1.29, 1.82) is 0 Å². The van der Waals surface area contributed by atoms with Crippen LogP contribution in [0.2, 0.25) is 0 Å². The van der Waals surface area contributed by atoms with Crippen molar-refractivity contribution in [2.45, 2.75) is 38.1 Å². The third-order valence-corrected chi connectivity index (χ3v) is 4.71. The summed E-state index contributed by atoms with van der Waals surface area (Å²) in [5.41, 5.74) is 0. The van der Waals surface area contributed by atoms with Gasteiger partial charge in [0.15, 0.2) is 0 Å². The van der Waals surface area contributed by atoms with Gasteiger partial charge in [0.1, 0.15) is 5.82 Å². The molecular formula is C15H23N5O2. The van der Waals surface area contributed by atoms with Gasteiger partial charge in [-0.3, -0.25) is 14.7 Å². The van der Waals surface area contributed by atoms with Gasteiger partial charge in [-0.1, -0.05) is 6.42 Å². The molecule has 22 heavy (non-hydrogen) atoms. The molecule has 0 spiro atoms. The first-order chi connectivity index (χ1) is 10.7. The van der Waals surface area contributed by atoms with Gasteiger partial charge in [-0.05, 0) is 44.7 Å². The molecule has 3 heterocycles. The molecule has 0 aromatic carbocycles. The predicted molar refractivity (Wildman–Crippen MR) is 82.2 cm³/mol. The lowest BCUT2D eigenvalue weighted by Gasteiger charge is -2.44. The number of rotatable bonds is 3. The van der Waals surface area contributed by atoms with E-state index >= 15 is 0 Å². The van der Waals surface area contributed by atoms with Crippen LogP contribution in [0.1, 0.15) is 32.1 Å². The molecule has 3 rings (SSSR count). The molecule has 2 saturated heterocycles. The number of carbonyl (C=O) groups is 2. The largest absolute Gasteiger partial charge is 0.347 e. The topological polar surface area (TPSA) is 90.1 Å². The second kappa shape index (κ2) is 6.91. The smallest absolute Gasteiger partial charge is 0.314 e. The van der Waals surface area contributed by atoms with E-state index in [1.807, 2.05) is 0 Å². The van der Waals surface area contributed by atoms with Crippen LogP contribution in [-0.4, -0.2) is 52.6 Å². The van der Waals surface area contributed by atoms with Crippen LogP contribution < -0.4 is 10.6 Å². The summed E-state index contributed by atoms with van der Waals surface area (Å²) in [6, 6.07) is 2.17. The summed E-state index contributed by atoms with van der Waals surface area (Å²) in [5.74, 6) is -0.350. The second-order valence-corrected chi connectivity index (χ2v) is 6.14. The Hall–Kier alpha value is -1.89. The normalized spacial score (nSPS) is 25.3. The Morgan fingerprint density at radius 2 is 2.09 bits per heavy atom. The second-order valence-electron chi connectivity index (χ2n) is 6.14. The lowest BCUT2D eigenvalue weighted by Crippen LogP contribution is -2.51. The maximum Gasteiger partial charge on any atom is 0.314 e. The minimum Gasteiger partial charge on any atom is -0.347 e. The summed E-state index contributed by atoms with van der Waals surface area (Å²) in [7, 11) is 0. The third-order valence-electron chi connectivity index (χ3n) is 4.71. The van der Waals surface area contributed by atoms with Gasteiger partial charge in [-0.25, -0.2) is 0 Å². The Bertz CT molecular complexity index is 514. The van der Waals surface area contributed by atoms with Gasteiger partial charge in [0, 0.05) is 18.7 Å². The molecule has 2 atom stereocenters. The van der Waals surface area contributed by atoms with Gasteiger partial charge in [0.05, 0.1) is 6.20 Å². The summed E-state index contributed by atoms with van der Waals surface area (Å²) in [5, 5.41) is 11.6. The maximum absolute atomic E-state index is 11.9. The highest BCUT2D eigenvalue weighted by Gasteiger charge is 2.33. The Morgan fingerprint density at radius 1 is 1.23 bits per heavy atom. The van der Waals surface area contributed by atoms with Crippen molar-refractivity contribution in [3.63, 3.8) is 0 Å². The van der Waals surface area contributed by atoms with Crippen molar-refractivity contribution in [3.05, 3.63) is 12.3 Å². The summed E-state index contributed by atoms with van der Waals surface area (Å²) in [4.78, 5) is 26.2. The lowest BCUT2D eigenvalue weighted by molar-refractivity contribution is -0.136. The van der Waals surface area contributed by atoms with Crippen molar-refractivity contribution < 1.29 is 9.59 Å². The Morgan fingerprint density at radius 3 is 2.91 bits per heavy atom. The van der Waals surface area contributed by atoms with Crippen LogP contribution in [0, 0.1) is 5.92 Å². The molecule has 0 aliphatic carbocycles. The number of H-pyrrole nitrogens is 1. The quantitative estimate of drug-likeness (QED) is 0.718. The van der Waals surface area contributed by atoms with Crippen molar-refractivity contribution >= 4 is 17.6 Å². The zero-order valence-electron chi connectivity index (χ0n) is 12.7. The first-order valence-corrected chi connectivity index (χ1v) is 8.06. The fraction of sp³-hybridized carbons (Fsp3) is 0.667. The number of hydrogen-bond acceptors (Lipinski definition) is 4. The van der Waals surface area contributed by atoms with Crippen molar-refractivity contribution in [2.75, 3.05) is 25.0 Å². The first-order valence-electron chi connectivity index (χ1n) is 8.06. The molecule has 7 heteroatoms. The number of fused-ring (bicyclic) bond motifs is 1. The van der Waals surface area contributed by atoms with Crippen LogP contribution in [0.5, 0.6) is 0 Å². The third kappa shape index (κ3) is 3.47. The fourth-order valence-electron chi connectivity index (χ4n) is 3.62. The van der Waals surface area contributed by atoms with Crippen molar-refractivity contribution in [2.24, 2.45) is 5.92 Å². The van der Waals surface area contributed by atoms with Gasteiger partial charge < -0.3 is 15.5 Å². The van der Waals surface area contributed by atoms with Crippen LogP contribution >= 0.6 is 0 Å². The standard InChI is InChI=1S/C15H23N5O2/c21-14(15(22)18-13-6-7-17-19-13)16-10-11-4-3-9-20-8-2-1-5-12(11)20/h6-7,11-12H,1-5,8-10H2,(H,16,21)(H2,17,18,19,22)/t11-,12-/m1/s1. The van der Waals surface area contributed by atoms with E-state index in [4.69, 9.17) is 0 Å². The maximum atomic E-state index is 11.9. The van der Waals surface area contributed by atoms with E-state index in [0.29, 0.717) is 24.3 Å². The number of hydrogen-bond donors (Lipinski definition) is 3. The van der Waals surface area contributed by atoms with E-state index < -0.39 is 11.8 Å². The van der Waals surface area contributed by atoms with Gasteiger partial charge in [-0.15, -0.1) is 0 Å². The lowest BCUT2D eigenvalue weighted by atomic mass is 9.83. The molecule has 7 nitrogen and oxygen atoms in total. The molecule has 2 amide bonds. The molecular weight excluding hydrogens is 282 g/mol. The van der Waals surface area contributed by atoms with E-state index in [2.05, 4.69) is 25.7 Å². The SMILES string of the molecule is O=C(NC[C@H]1CCCN2CCCC[C@H]12)C(=O)Nc1ccn[nH]1. The number of aromatic amines is 1. The zero-order valence-corrected chi connectivity index (χ0v) is 12.7. The zero-order chi connectivity index (χ0) is 15.4. The number of amides is 2. The van der Waals surface area contributed by atoms with Gasteiger partial charge in [-0.2, -0.15) is 5.10 Å². The molecule has 1 aromatic rings. The average Bonchev–Trinajstić information content (AvgIpc) is 3.05. The average molecular weight is 305 g/mol. The van der Waals surface area contributed by atoms with Crippen molar-refractivity contribution in [1.82, 2.24) is 20.4 Å². The number of anilines is 1. The molecule has 0 radical (unpaired) electrons. The molecule has 0 unspecified atom stereocenters. The summed E-state index contributed by atoms with van der Waals surface area (Å²) < 4.78 is 0. The molecule has 0 saturated carbocycles. The molecule has 1 aromatic heterocycles. The molecule has 2 fully saturated rings. The number of carbonyl (C=O) groups excluding carboxylic acids is 2. The molecule has 3 N–H and O–H groups in total. The van der Waals surface area contributed by atoms with Crippen LogP contribution in [0.4, 0.5) is 5.82 Å². The van der Waals surface area contributed by atoms with Gasteiger partial charge in [0.25, 0.3) is 0 Å². The van der Waals surface area contributed by atoms with E-state index in [9.17, 15) is 9.59 Å². The number of aromatic nitrogens is 2. The molecule has 120 valence electrons. The highest BCUT2D eigenvalue weighted by atomic mass is 16.2. The summed E-state index contributed by atoms with van der Waals surface area (Å²) >= 11 is 0. The minimum atomic E-state index is -0.652. The van der Waals surface area contributed by atoms with Crippen LogP contribution in [-0.2, 0) is 9.59 Å². The van der Waals surface area contributed by atoms with E-state index in [1.54, 1.807) is 6.07 Å². The van der Waals surface area contributed by atoms with Crippen molar-refractivity contribution in [3.8, 4) is 0 Å². The monoisotopic (exact) mass is 305 g/mol. The van der Waals surface area contributed by atoms with E-state index in [-0.39, 0.29) is 0 Å². The van der Waals surface area contributed by atoms with Gasteiger partial charge in [0.2, 0.25) is 0 Å². The van der Waals surface area contributed by atoms with Gasteiger partial charge >= 0.3 is 11.8 Å². The highest BCUT2D eigenvalue weighted by Crippen LogP contribution is 2.30. The predicted octanol–water partition coefficient (Wildman–Crippen LogP) is 0.729. The molecule has 0 bridgehead atoms. The molecule has 2 aliphatic rings. The summed E-state index contributed by atoms with van der Waals surface area (Å²) in [6.07, 6.45) is 7.59. The Balaban J connectivity index is 1.48. The van der Waals surface area contributed by atoms with Crippen LogP contribution in [0.25, 0.3) is 0 Å². The highest BCUT2D eigenvalue weighted by molar-refractivity contribution is 6.39. The number of piperidine rings is 2. The van der Waals surface area contributed by atoms with E-state index in [0.717, 1.165) is 6.42 Å². The Labute approximate surface area is 129 Å². The first kappa shape index (κ1) is 15.0. The van der Waals surface area contributed by atoms with Crippen LogP contribution in [0.15, 0.2) is 12.3 Å².